The largest absolute Gasteiger partial charge is 0.465 e. The van der Waals surface area contributed by atoms with Gasteiger partial charge in [-0.15, -0.1) is 0 Å². The Kier molecular flexibility index (Phi) is 6.09. The number of hydrogen-bond donors (Lipinski definition) is 4. The minimum absolute atomic E-state index is 0.0185. The van der Waals surface area contributed by atoms with Gasteiger partial charge in [0.15, 0.2) is 5.11 Å². The van der Waals surface area contributed by atoms with Gasteiger partial charge >= 0.3 is 6.03 Å². The van der Waals surface area contributed by atoms with Crippen molar-refractivity contribution in [2.75, 3.05) is 5.32 Å². The summed E-state index contributed by atoms with van der Waals surface area (Å²) in [6.45, 7) is 0. The molecule has 1 aromatic carbocycles. The Balaban J connectivity index is 1.93. The highest BCUT2D eigenvalue weighted by Crippen LogP contribution is 2.13. The van der Waals surface area contributed by atoms with Crippen LogP contribution in [0.25, 0.3) is 6.08 Å². The number of nitrogens with two attached hydrogens (primary N) is 1. The molecule has 0 saturated heterocycles. The molecule has 2 rings (SSSR count). The third kappa shape index (κ3) is 5.72. The molecule has 136 valence electrons. The molecule has 2 aromatic rings. The number of nitrogens with one attached hydrogen (secondary N) is 3. The molecule has 0 saturated carbocycles. The van der Waals surface area contributed by atoms with Gasteiger partial charge in [-0.25, -0.2) is 17.9 Å². The van der Waals surface area contributed by atoms with Crippen LogP contribution in [0.3, 0.4) is 0 Å². The second kappa shape index (κ2) is 8.27. The summed E-state index contributed by atoms with van der Waals surface area (Å²) in [7, 11) is -4.03. The lowest BCUT2D eigenvalue weighted by Gasteiger charge is -2.09. The van der Waals surface area contributed by atoms with E-state index >= 15 is 0 Å². The summed E-state index contributed by atoms with van der Waals surface area (Å²) in [6, 6.07) is 7.50. The summed E-state index contributed by atoms with van der Waals surface area (Å²) < 4.78 is 30.2. The quantitative estimate of drug-likeness (QED) is 0.440. The molecule has 1 heterocycles. The van der Waals surface area contributed by atoms with Gasteiger partial charge < -0.3 is 15.5 Å². The van der Waals surface area contributed by atoms with Crippen LogP contribution in [0, 0.1) is 0 Å². The normalized spacial score (nSPS) is 11.1. The second-order valence-corrected chi connectivity index (χ2v) is 6.88. The monoisotopic (exact) mass is 394 g/mol. The van der Waals surface area contributed by atoms with Gasteiger partial charge in [-0.1, -0.05) is 0 Å². The van der Waals surface area contributed by atoms with E-state index in [-0.39, 0.29) is 10.0 Å². The van der Waals surface area contributed by atoms with Crippen LogP contribution < -0.4 is 21.1 Å². The molecule has 0 spiro atoms. The Morgan fingerprint density at radius 1 is 1.15 bits per heavy atom. The zero-order valence-corrected chi connectivity index (χ0v) is 14.8. The number of anilines is 1. The van der Waals surface area contributed by atoms with Gasteiger partial charge in [0.05, 0.1) is 11.2 Å². The first kappa shape index (κ1) is 19.1. The number of benzene rings is 1. The van der Waals surface area contributed by atoms with Gasteiger partial charge in [0.25, 0.3) is 10.0 Å². The summed E-state index contributed by atoms with van der Waals surface area (Å²) in [5, 5.41) is 5.16. The second-order valence-electron chi connectivity index (χ2n) is 4.79. The standard InChI is InChI=1S/C15H14N4O5S2/c16-14(21)19-26(22,23)12-6-3-10(4-7-12)17-15(25)18-13(20)8-5-11-2-1-9-24-11/h1-9H,(H3,16,19,21)(H2,17,18,20,25)/b8-5+. The van der Waals surface area contributed by atoms with Crippen molar-refractivity contribution in [3.8, 4) is 0 Å². The Bertz CT molecular complexity index is 935. The lowest BCUT2D eigenvalue weighted by Crippen LogP contribution is -2.35. The topological polar surface area (TPSA) is 144 Å². The number of sulfonamides is 1. The predicted octanol–water partition coefficient (Wildman–Crippen LogP) is 1.16. The summed E-state index contributed by atoms with van der Waals surface area (Å²) in [5.41, 5.74) is 5.24. The molecule has 9 nitrogen and oxygen atoms in total. The van der Waals surface area contributed by atoms with Crippen molar-refractivity contribution in [1.82, 2.24) is 10.0 Å². The van der Waals surface area contributed by atoms with Crippen molar-refractivity contribution in [2.45, 2.75) is 4.90 Å². The number of furan rings is 1. The number of rotatable bonds is 5. The molecule has 0 unspecified atom stereocenters. The summed E-state index contributed by atoms with van der Waals surface area (Å²) in [4.78, 5) is 22.3. The minimum atomic E-state index is -4.03. The lowest BCUT2D eigenvalue weighted by molar-refractivity contribution is -0.115. The third-order valence-electron chi connectivity index (χ3n) is 2.84. The maximum atomic E-state index is 11.8. The molecule has 26 heavy (non-hydrogen) atoms. The van der Waals surface area contributed by atoms with Gasteiger partial charge in [-0.2, -0.15) is 0 Å². The molecule has 0 aliphatic heterocycles. The molecule has 0 aliphatic carbocycles. The van der Waals surface area contributed by atoms with Gasteiger partial charge in [0.2, 0.25) is 5.91 Å². The maximum Gasteiger partial charge on any atom is 0.326 e. The number of carbonyl (C=O) groups excluding carboxylic acids is 2. The van der Waals surface area contributed by atoms with Gasteiger partial charge in [-0.05, 0) is 54.7 Å². The molecular formula is C15H14N4O5S2. The van der Waals surface area contributed by atoms with Crippen LogP contribution in [-0.4, -0.2) is 25.5 Å². The highest BCUT2D eigenvalue weighted by Gasteiger charge is 2.15. The molecule has 0 bridgehead atoms. The number of hydrogen-bond acceptors (Lipinski definition) is 6. The SMILES string of the molecule is NC(=O)NS(=O)(=O)c1ccc(NC(=S)NC(=O)/C=C/c2ccco2)cc1. The average Bonchev–Trinajstić information content (AvgIpc) is 3.05. The Morgan fingerprint density at radius 3 is 2.42 bits per heavy atom. The fourth-order valence-electron chi connectivity index (χ4n) is 1.77. The summed E-state index contributed by atoms with van der Waals surface area (Å²) >= 11 is 5.00. The van der Waals surface area contributed by atoms with E-state index in [0.717, 1.165) is 0 Å². The van der Waals surface area contributed by atoms with E-state index in [1.807, 2.05) is 0 Å². The third-order valence-corrected chi connectivity index (χ3v) is 4.40. The van der Waals surface area contributed by atoms with Gasteiger partial charge in [0, 0.05) is 11.8 Å². The van der Waals surface area contributed by atoms with Crippen LogP contribution in [0.4, 0.5) is 10.5 Å². The zero-order chi connectivity index (χ0) is 19.2. The fraction of sp³-hybridized carbons (Fsp3) is 0. The highest BCUT2D eigenvalue weighted by atomic mass is 32.2. The fourth-order valence-corrected chi connectivity index (χ4v) is 2.86. The first-order valence-electron chi connectivity index (χ1n) is 7.02. The van der Waals surface area contributed by atoms with Gasteiger partial charge in [0.1, 0.15) is 5.76 Å². The van der Waals surface area contributed by atoms with E-state index in [0.29, 0.717) is 11.4 Å². The molecule has 0 fully saturated rings. The van der Waals surface area contributed by atoms with Crippen molar-refractivity contribution in [3.63, 3.8) is 0 Å². The van der Waals surface area contributed by atoms with Gasteiger partial charge in [-0.3, -0.25) is 10.1 Å². The van der Waals surface area contributed by atoms with Crippen LogP contribution in [0.5, 0.6) is 0 Å². The lowest BCUT2D eigenvalue weighted by atomic mass is 10.3. The Labute approximate surface area is 154 Å². The molecular weight excluding hydrogens is 380 g/mol. The minimum Gasteiger partial charge on any atom is -0.465 e. The van der Waals surface area contributed by atoms with Crippen LogP contribution in [0.2, 0.25) is 0 Å². The first-order chi connectivity index (χ1) is 12.3. The van der Waals surface area contributed by atoms with E-state index in [4.69, 9.17) is 22.4 Å². The molecule has 5 N–H and O–H groups in total. The molecule has 0 aliphatic rings. The molecule has 0 atom stereocenters. The Hall–Kier alpha value is -3.18. The van der Waals surface area contributed by atoms with Crippen molar-refractivity contribution < 1.29 is 22.4 Å². The van der Waals surface area contributed by atoms with E-state index in [1.165, 1.54) is 42.7 Å². The van der Waals surface area contributed by atoms with E-state index in [2.05, 4.69) is 10.6 Å². The van der Waals surface area contributed by atoms with Crippen molar-refractivity contribution in [1.29, 1.82) is 0 Å². The van der Waals surface area contributed by atoms with Crippen LogP contribution >= 0.6 is 12.2 Å². The number of primary amides is 1. The maximum absolute atomic E-state index is 11.8. The predicted molar refractivity (Wildman–Crippen MR) is 98.5 cm³/mol. The molecule has 3 amide bonds. The van der Waals surface area contributed by atoms with Crippen LogP contribution in [0.1, 0.15) is 5.76 Å². The number of amides is 3. The van der Waals surface area contributed by atoms with E-state index in [1.54, 1.807) is 16.9 Å². The van der Waals surface area contributed by atoms with Crippen molar-refractivity contribution in [2.24, 2.45) is 5.73 Å². The number of thiocarbonyl (C=S) groups is 1. The number of carbonyl (C=O) groups is 2. The van der Waals surface area contributed by atoms with Crippen molar-refractivity contribution >= 4 is 51.1 Å². The smallest absolute Gasteiger partial charge is 0.326 e. The zero-order valence-electron chi connectivity index (χ0n) is 13.1. The summed E-state index contributed by atoms with van der Waals surface area (Å²) in [6.07, 6.45) is 4.20. The van der Waals surface area contributed by atoms with Crippen LogP contribution in [0.15, 0.2) is 58.1 Å². The highest BCUT2D eigenvalue weighted by molar-refractivity contribution is 7.90. The Morgan fingerprint density at radius 2 is 1.85 bits per heavy atom. The first-order valence-corrected chi connectivity index (χ1v) is 8.91. The van der Waals surface area contributed by atoms with E-state index in [9.17, 15) is 18.0 Å². The van der Waals surface area contributed by atoms with Crippen LogP contribution in [-0.2, 0) is 14.8 Å². The average molecular weight is 394 g/mol. The molecule has 11 heteroatoms. The van der Waals surface area contributed by atoms with Crippen molar-refractivity contribution in [3.05, 3.63) is 54.5 Å². The van der Waals surface area contributed by atoms with E-state index < -0.39 is 22.0 Å². The summed E-state index contributed by atoms with van der Waals surface area (Å²) in [5.74, 6) is 0.0455. The molecule has 0 radical (unpaired) electrons. The number of urea groups is 1. The molecule has 1 aromatic heterocycles.